The molecular formula is C26H30O8. The predicted molar refractivity (Wildman–Crippen MR) is 123 cm³/mol. The van der Waals surface area contributed by atoms with Gasteiger partial charge in [-0.05, 0) is 30.5 Å². The SMILES string of the molecule is C=CCCCO[C@@H]1O[C@H](C(=O)OC)[C@@H](O)[C@H](OCc2ccccc2)[C@H]1OC(=O)c1ccccc1. The lowest BCUT2D eigenvalue weighted by molar-refractivity contribution is -0.301. The zero-order valence-corrected chi connectivity index (χ0v) is 19.1. The van der Waals surface area contributed by atoms with Gasteiger partial charge < -0.3 is 28.8 Å². The zero-order chi connectivity index (χ0) is 24.3. The number of allylic oxidation sites excluding steroid dienone is 1. The molecule has 2 aromatic carbocycles. The van der Waals surface area contributed by atoms with E-state index in [1.165, 1.54) is 7.11 Å². The molecule has 5 atom stereocenters. The highest BCUT2D eigenvalue weighted by atomic mass is 16.7. The number of methoxy groups -OCH3 is 1. The van der Waals surface area contributed by atoms with Gasteiger partial charge in [0.15, 0.2) is 18.5 Å². The monoisotopic (exact) mass is 470 g/mol. The number of ether oxygens (including phenoxy) is 5. The maximum atomic E-state index is 12.9. The Kier molecular flexibility index (Phi) is 9.78. The third-order valence-corrected chi connectivity index (χ3v) is 5.33. The van der Waals surface area contributed by atoms with Crippen molar-refractivity contribution in [3.8, 4) is 0 Å². The number of rotatable bonds is 11. The standard InChI is InChI=1S/C26H30O8/c1-3-4-11-16-31-26-23(33-24(28)19-14-9-6-10-15-19)21(20(27)22(34-26)25(29)30-2)32-17-18-12-7-5-8-13-18/h3,5-10,12-15,20-23,26-27H,1,4,11,16-17H2,2H3/t20-,21-,22-,23+,26+/m0/s1. The Morgan fingerprint density at radius 3 is 2.35 bits per heavy atom. The summed E-state index contributed by atoms with van der Waals surface area (Å²) < 4.78 is 28.1. The van der Waals surface area contributed by atoms with E-state index in [0.717, 1.165) is 5.56 Å². The van der Waals surface area contributed by atoms with Crippen LogP contribution < -0.4 is 0 Å². The number of unbranched alkanes of at least 4 members (excludes halogenated alkanes) is 1. The van der Waals surface area contributed by atoms with Crippen molar-refractivity contribution in [2.75, 3.05) is 13.7 Å². The molecule has 1 N–H and O–H groups in total. The summed E-state index contributed by atoms with van der Waals surface area (Å²) in [6.07, 6.45) is -3.15. The van der Waals surface area contributed by atoms with Crippen molar-refractivity contribution >= 4 is 11.9 Å². The van der Waals surface area contributed by atoms with Gasteiger partial charge in [0.2, 0.25) is 0 Å². The Labute approximate surface area is 199 Å². The molecule has 0 spiro atoms. The molecule has 0 amide bonds. The van der Waals surface area contributed by atoms with Crippen LogP contribution in [0.3, 0.4) is 0 Å². The summed E-state index contributed by atoms with van der Waals surface area (Å²) in [6, 6.07) is 17.7. The molecule has 1 fully saturated rings. The topological polar surface area (TPSA) is 101 Å². The molecule has 1 aliphatic heterocycles. The zero-order valence-electron chi connectivity index (χ0n) is 19.1. The maximum absolute atomic E-state index is 12.9. The highest BCUT2D eigenvalue weighted by molar-refractivity contribution is 5.89. The third-order valence-electron chi connectivity index (χ3n) is 5.33. The van der Waals surface area contributed by atoms with E-state index in [4.69, 9.17) is 23.7 Å². The van der Waals surface area contributed by atoms with Gasteiger partial charge in [-0.3, -0.25) is 0 Å². The molecule has 0 radical (unpaired) electrons. The van der Waals surface area contributed by atoms with E-state index in [-0.39, 0.29) is 13.2 Å². The molecule has 3 rings (SSSR count). The van der Waals surface area contributed by atoms with E-state index in [9.17, 15) is 14.7 Å². The van der Waals surface area contributed by atoms with Crippen LogP contribution in [0.25, 0.3) is 0 Å². The van der Waals surface area contributed by atoms with Gasteiger partial charge in [0.05, 0.1) is 25.9 Å². The summed E-state index contributed by atoms with van der Waals surface area (Å²) in [5, 5.41) is 11.0. The van der Waals surface area contributed by atoms with Crippen LogP contribution >= 0.6 is 0 Å². The first-order chi connectivity index (χ1) is 16.5. The number of hydrogen-bond donors (Lipinski definition) is 1. The second-order valence-electron chi connectivity index (χ2n) is 7.74. The second kappa shape index (κ2) is 13.0. The van der Waals surface area contributed by atoms with E-state index >= 15 is 0 Å². The predicted octanol–water partition coefficient (Wildman–Crippen LogP) is 3.04. The molecule has 0 unspecified atom stereocenters. The number of esters is 2. The van der Waals surface area contributed by atoms with Crippen LogP contribution in [0.4, 0.5) is 0 Å². The molecule has 182 valence electrons. The van der Waals surface area contributed by atoms with Crippen LogP contribution in [0, 0.1) is 0 Å². The number of aliphatic hydroxyl groups is 1. The van der Waals surface area contributed by atoms with Gasteiger partial charge in [0.25, 0.3) is 0 Å². The lowest BCUT2D eigenvalue weighted by Gasteiger charge is -2.42. The lowest BCUT2D eigenvalue weighted by Crippen LogP contribution is -2.62. The van der Waals surface area contributed by atoms with Crippen molar-refractivity contribution in [2.45, 2.75) is 50.2 Å². The van der Waals surface area contributed by atoms with Crippen LogP contribution in [0.15, 0.2) is 73.3 Å². The summed E-state index contributed by atoms with van der Waals surface area (Å²) in [5.74, 6) is -1.42. The molecule has 0 aromatic heterocycles. The normalized spacial score (nSPS) is 24.2. The summed E-state index contributed by atoms with van der Waals surface area (Å²) in [6.45, 7) is 4.05. The molecule has 0 bridgehead atoms. The van der Waals surface area contributed by atoms with Gasteiger partial charge in [0.1, 0.15) is 12.2 Å². The molecule has 8 nitrogen and oxygen atoms in total. The molecule has 1 aliphatic rings. The Balaban J connectivity index is 1.86. The molecular weight excluding hydrogens is 440 g/mol. The van der Waals surface area contributed by atoms with E-state index in [1.54, 1.807) is 36.4 Å². The van der Waals surface area contributed by atoms with E-state index < -0.39 is 42.6 Å². The molecule has 0 aliphatic carbocycles. The van der Waals surface area contributed by atoms with Crippen molar-refractivity contribution in [2.24, 2.45) is 0 Å². The summed E-state index contributed by atoms with van der Waals surface area (Å²) in [7, 11) is 1.19. The molecule has 34 heavy (non-hydrogen) atoms. The average molecular weight is 471 g/mol. The molecule has 0 saturated carbocycles. The minimum Gasteiger partial charge on any atom is -0.467 e. The van der Waals surface area contributed by atoms with Crippen molar-refractivity contribution in [3.63, 3.8) is 0 Å². The summed E-state index contributed by atoms with van der Waals surface area (Å²) in [4.78, 5) is 25.2. The highest BCUT2D eigenvalue weighted by Gasteiger charge is 2.52. The Morgan fingerprint density at radius 2 is 1.71 bits per heavy atom. The van der Waals surface area contributed by atoms with Crippen LogP contribution in [0.1, 0.15) is 28.8 Å². The smallest absolute Gasteiger partial charge is 0.338 e. The summed E-state index contributed by atoms with van der Waals surface area (Å²) in [5.41, 5.74) is 1.16. The maximum Gasteiger partial charge on any atom is 0.338 e. The van der Waals surface area contributed by atoms with E-state index in [2.05, 4.69) is 6.58 Å². The second-order valence-corrected chi connectivity index (χ2v) is 7.74. The van der Waals surface area contributed by atoms with Crippen molar-refractivity contribution in [1.29, 1.82) is 0 Å². The fourth-order valence-electron chi connectivity index (χ4n) is 3.54. The number of carbonyl (C=O) groups excluding carboxylic acids is 2. The number of aliphatic hydroxyl groups excluding tert-OH is 1. The highest BCUT2D eigenvalue weighted by Crippen LogP contribution is 2.29. The van der Waals surface area contributed by atoms with Gasteiger partial charge in [-0.2, -0.15) is 0 Å². The van der Waals surface area contributed by atoms with Gasteiger partial charge in [-0.1, -0.05) is 54.6 Å². The van der Waals surface area contributed by atoms with Crippen molar-refractivity contribution in [1.82, 2.24) is 0 Å². The largest absolute Gasteiger partial charge is 0.467 e. The van der Waals surface area contributed by atoms with Crippen molar-refractivity contribution in [3.05, 3.63) is 84.4 Å². The Bertz CT molecular complexity index is 917. The van der Waals surface area contributed by atoms with Crippen LogP contribution in [-0.4, -0.2) is 61.5 Å². The first-order valence-corrected chi connectivity index (χ1v) is 11.1. The van der Waals surface area contributed by atoms with Gasteiger partial charge >= 0.3 is 11.9 Å². The number of benzene rings is 2. The molecule has 2 aromatic rings. The molecule has 1 saturated heterocycles. The quantitative estimate of drug-likeness (QED) is 0.304. The van der Waals surface area contributed by atoms with Gasteiger partial charge in [-0.25, -0.2) is 9.59 Å². The fourth-order valence-corrected chi connectivity index (χ4v) is 3.54. The minimum atomic E-state index is -1.46. The number of hydrogen-bond acceptors (Lipinski definition) is 8. The lowest BCUT2D eigenvalue weighted by atomic mass is 9.98. The summed E-state index contributed by atoms with van der Waals surface area (Å²) >= 11 is 0. The number of carbonyl (C=O) groups is 2. The van der Waals surface area contributed by atoms with Crippen LogP contribution in [0.2, 0.25) is 0 Å². The van der Waals surface area contributed by atoms with Crippen LogP contribution in [-0.2, 0) is 35.1 Å². The fraction of sp³-hybridized carbons (Fsp3) is 0.385. The molecule has 8 heteroatoms. The van der Waals surface area contributed by atoms with E-state index in [1.807, 2.05) is 30.3 Å². The first-order valence-electron chi connectivity index (χ1n) is 11.1. The first kappa shape index (κ1) is 25.6. The van der Waals surface area contributed by atoms with Crippen LogP contribution in [0.5, 0.6) is 0 Å². The minimum absolute atomic E-state index is 0.110. The molecule has 1 heterocycles. The average Bonchev–Trinajstić information content (AvgIpc) is 2.88. The Hall–Kier alpha value is -3.04. The third kappa shape index (κ3) is 6.74. The van der Waals surface area contributed by atoms with Gasteiger partial charge in [-0.15, -0.1) is 6.58 Å². The van der Waals surface area contributed by atoms with Gasteiger partial charge in [0, 0.05) is 0 Å². The van der Waals surface area contributed by atoms with Crippen molar-refractivity contribution < 1.29 is 38.4 Å². The van der Waals surface area contributed by atoms with E-state index in [0.29, 0.717) is 18.4 Å². The Morgan fingerprint density at radius 1 is 1.03 bits per heavy atom.